The Hall–Kier alpha value is -1.36. The molecule has 3 rings (SSSR count). The summed E-state index contributed by atoms with van der Waals surface area (Å²) in [5, 5.41) is 7.82. The Bertz CT molecular complexity index is 500. The Morgan fingerprint density at radius 2 is 2.10 bits per heavy atom. The maximum atomic E-state index is 13.0. The van der Waals surface area contributed by atoms with Gasteiger partial charge in [0.2, 0.25) is 0 Å². The number of amides is 1. The quantitative estimate of drug-likeness (QED) is 0.896. The van der Waals surface area contributed by atoms with Gasteiger partial charge in [-0.15, -0.1) is 0 Å². The third kappa shape index (κ3) is 3.28. The lowest BCUT2D eigenvalue weighted by atomic mass is 9.97. The lowest BCUT2D eigenvalue weighted by Crippen LogP contribution is -2.40. The van der Waals surface area contributed by atoms with Crippen molar-refractivity contribution in [2.75, 3.05) is 19.6 Å². The molecule has 2 aliphatic rings. The van der Waals surface area contributed by atoms with E-state index in [4.69, 9.17) is 0 Å². The van der Waals surface area contributed by atoms with E-state index in [0.717, 1.165) is 37.3 Å². The first kappa shape index (κ1) is 14.6. The summed E-state index contributed by atoms with van der Waals surface area (Å²) in [4.78, 5) is 15.1. The van der Waals surface area contributed by atoms with Crippen LogP contribution in [0.2, 0.25) is 0 Å². The minimum Gasteiger partial charge on any atom is -0.335 e. The van der Waals surface area contributed by atoms with E-state index in [2.05, 4.69) is 22.2 Å². The zero-order valence-corrected chi connectivity index (χ0v) is 13.1. The molecule has 0 atom stereocenters. The number of hydrogen-bond donors (Lipinski definition) is 1. The summed E-state index contributed by atoms with van der Waals surface area (Å²) in [5.41, 5.74) is 1.74. The Kier molecular flexibility index (Phi) is 4.29. The van der Waals surface area contributed by atoms with Gasteiger partial charge in [0.15, 0.2) is 0 Å². The van der Waals surface area contributed by atoms with Gasteiger partial charge in [0, 0.05) is 25.8 Å². The fourth-order valence-corrected chi connectivity index (χ4v) is 3.26. The van der Waals surface area contributed by atoms with Crippen LogP contribution in [-0.4, -0.2) is 46.3 Å². The van der Waals surface area contributed by atoms with Gasteiger partial charge in [-0.25, -0.2) is 0 Å². The molecule has 0 spiro atoms. The molecule has 1 saturated heterocycles. The molecule has 0 radical (unpaired) electrons. The topological polar surface area (TPSA) is 50.2 Å². The summed E-state index contributed by atoms with van der Waals surface area (Å²) in [7, 11) is 1.89. The summed E-state index contributed by atoms with van der Waals surface area (Å²) in [6, 6.07) is 0.470. The lowest BCUT2D eigenvalue weighted by molar-refractivity contribution is 0.0700. The number of carbonyl (C=O) groups excluding carboxylic acids is 1. The van der Waals surface area contributed by atoms with Crippen LogP contribution in [0.3, 0.4) is 0 Å². The largest absolute Gasteiger partial charge is 0.335 e. The van der Waals surface area contributed by atoms with Crippen LogP contribution in [-0.2, 0) is 13.5 Å². The molecule has 0 bridgehead atoms. The normalized spacial score (nSPS) is 19.7. The molecule has 1 aliphatic heterocycles. The van der Waals surface area contributed by atoms with Gasteiger partial charge in [-0.05, 0) is 51.1 Å². The van der Waals surface area contributed by atoms with Crippen molar-refractivity contribution in [1.82, 2.24) is 20.0 Å². The summed E-state index contributed by atoms with van der Waals surface area (Å²) in [6.07, 6.45) is 7.40. The molecule has 2 heterocycles. The minimum atomic E-state index is 0.195. The highest BCUT2D eigenvalue weighted by Gasteiger charge is 2.35. The zero-order valence-electron chi connectivity index (χ0n) is 13.1. The Labute approximate surface area is 126 Å². The molecule has 0 unspecified atom stereocenters. The maximum Gasteiger partial charge on any atom is 0.257 e. The van der Waals surface area contributed by atoms with Crippen molar-refractivity contribution in [2.24, 2.45) is 13.0 Å². The van der Waals surface area contributed by atoms with E-state index in [-0.39, 0.29) is 5.91 Å². The van der Waals surface area contributed by atoms with Crippen molar-refractivity contribution in [3.8, 4) is 0 Å². The first-order valence-electron chi connectivity index (χ1n) is 8.23. The van der Waals surface area contributed by atoms with Crippen molar-refractivity contribution in [1.29, 1.82) is 0 Å². The molecule has 116 valence electrons. The second-order valence-corrected chi connectivity index (χ2v) is 6.40. The SMILES string of the molecule is CCc1nn(C)cc1C(=O)N(CC1CCNCC1)C1CC1. The van der Waals surface area contributed by atoms with Gasteiger partial charge in [-0.1, -0.05) is 6.92 Å². The van der Waals surface area contributed by atoms with Crippen LogP contribution in [0.4, 0.5) is 0 Å². The molecule has 2 fully saturated rings. The summed E-state index contributed by atoms with van der Waals surface area (Å²) in [6.45, 7) is 5.16. The number of rotatable bonds is 5. The van der Waals surface area contributed by atoms with E-state index in [1.54, 1.807) is 4.68 Å². The Morgan fingerprint density at radius 1 is 1.38 bits per heavy atom. The zero-order chi connectivity index (χ0) is 14.8. The standard InChI is InChI=1S/C16H26N4O/c1-3-15-14(11-19(2)18-15)16(21)20(13-4-5-13)10-12-6-8-17-9-7-12/h11-13,17H,3-10H2,1-2H3. The highest BCUT2D eigenvalue weighted by Crippen LogP contribution is 2.30. The van der Waals surface area contributed by atoms with Crippen LogP contribution < -0.4 is 5.32 Å². The summed E-state index contributed by atoms with van der Waals surface area (Å²) in [5.74, 6) is 0.846. The van der Waals surface area contributed by atoms with Crippen molar-refractivity contribution >= 4 is 5.91 Å². The molecule has 1 saturated carbocycles. The molecular weight excluding hydrogens is 264 g/mol. The number of carbonyl (C=O) groups is 1. The second kappa shape index (κ2) is 6.18. The average Bonchev–Trinajstić information content (AvgIpc) is 3.27. The number of aryl methyl sites for hydroxylation is 2. The van der Waals surface area contributed by atoms with E-state index in [1.807, 2.05) is 13.2 Å². The fourth-order valence-electron chi connectivity index (χ4n) is 3.26. The van der Waals surface area contributed by atoms with E-state index in [0.29, 0.717) is 12.0 Å². The van der Waals surface area contributed by atoms with Gasteiger partial charge in [-0.2, -0.15) is 5.10 Å². The van der Waals surface area contributed by atoms with Gasteiger partial charge >= 0.3 is 0 Å². The Morgan fingerprint density at radius 3 is 2.71 bits per heavy atom. The van der Waals surface area contributed by atoms with E-state index in [1.165, 1.54) is 25.7 Å². The molecule has 5 nitrogen and oxygen atoms in total. The van der Waals surface area contributed by atoms with Crippen LogP contribution in [0, 0.1) is 5.92 Å². The third-order valence-electron chi connectivity index (χ3n) is 4.63. The van der Waals surface area contributed by atoms with Crippen LogP contribution >= 0.6 is 0 Å². The molecular formula is C16H26N4O. The second-order valence-electron chi connectivity index (χ2n) is 6.40. The molecule has 1 aromatic heterocycles. The van der Waals surface area contributed by atoms with E-state index in [9.17, 15) is 4.79 Å². The van der Waals surface area contributed by atoms with Crippen molar-refractivity contribution < 1.29 is 4.79 Å². The van der Waals surface area contributed by atoms with Crippen LogP contribution in [0.15, 0.2) is 6.20 Å². The van der Waals surface area contributed by atoms with Crippen molar-refractivity contribution in [2.45, 2.75) is 45.1 Å². The lowest BCUT2D eigenvalue weighted by Gasteiger charge is -2.30. The van der Waals surface area contributed by atoms with E-state index < -0.39 is 0 Å². The van der Waals surface area contributed by atoms with Gasteiger partial charge < -0.3 is 10.2 Å². The monoisotopic (exact) mass is 290 g/mol. The van der Waals surface area contributed by atoms with E-state index >= 15 is 0 Å². The first-order valence-corrected chi connectivity index (χ1v) is 8.23. The molecule has 1 amide bonds. The molecule has 21 heavy (non-hydrogen) atoms. The highest BCUT2D eigenvalue weighted by atomic mass is 16.2. The molecule has 1 N–H and O–H groups in total. The van der Waals surface area contributed by atoms with Gasteiger partial charge in [-0.3, -0.25) is 9.48 Å². The average molecular weight is 290 g/mol. The maximum absolute atomic E-state index is 13.0. The smallest absolute Gasteiger partial charge is 0.257 e. The molecule has 5 heteroatoms. The van der Waals surface area contributed by atoms with Crippen LogP contribution in [0.1, 0.15) is 48.7 Å². The summed E-state index contributed by atoms with van der Waals surface area (Å²) < 4.78 is 1.77. The molecule has 1 aromatic rings. The number of hydrogen-bond acceptors (Lipinski definition) is 3. The van der Waals surface area contributed by atoms with Crippen molar-refractivity contribution in [3.63, 3.8) is 0 Å². The van der Waals surface area contributed by atoms with Gasteiger partial charge in [0.25, 0.3) is 5.91 Å². The number of nitrogens with one attached hydrogen (secondary N) is 1. The summed E-state index contributed by atoms with van der Waals surface area (Å²) >= 11 is 0. The number of nitrogens with zero attached hydrogens (tertiary/aromatic N) is 3. The van der Waals surface area contributed by atoms with Crippen molar-refractivity contribution in [3.05, 3.63) is 17.5 Å². The minimum absolute atomic E-state index is 0.195. The van der Waals surface area contributed by atoms with Crippen LogP contribution in [0.25, 0.3) is 0 Å². The fraction of sp³-hybridized carbons (Fsp3) is 0.750. The third-order valence-corrected chi connectivity index (χ3v) is 4.63. The molecule has 1 aliphatic carbocycles. The number of aromatic nitrogens is 2. The first-order chi connectivity index (χ1) is 10.2. The van der Waals surface area contributed by atoms with Gasteiger partial charge in [0.05, 0.1) is 11.3 Å². The Balaban J connectivity index is 1.74. The van der Waals surface area contributed by atoms with Crippen LogP contribution in [0.5, 0.6) is 0 Å². The predicted octanol–water partition coefficient (Wildman–Crippen LogP) is 1.59. The van der Waals surface area contributed by atoms with Gasteiger partial charge in [0.1, 0.15) is 0 Å². The predicted molar refractivity (Wildman–Crippen MR) is 82.2 cm³/mol. The number of piperidine rings is 1. The molecule has 0 aromatic carbocycles. The highest BCUT2D eigenvalue weighted by molar-refractivity contribution is 5.95.